The Morgan fingerprint density at radius 1 is 0.727 bits per heavy atom. The lowest BCUT2D eigenvalue weighted by atomic mass is 9.80. The van der Waals surface area contributed by atoms with E-state index >= 15 is 0 Å². The summed E-state index contributed by atoms with van der Waals surface area (Å²) in [7, 11) is -2.37. The van der Waals surface area contributed by atoms with Crippen molar-refractivity contribution in [3.8, 4) is 11.5 Å². The Labute approximate surface area is 255 Å². The number of Topliss-reactive ketones (excluding diaryl/α,β-unsaturated/α-hetero) is 1. The first-order valence-electron chi connectivity index (χ1n) is 13.4. The van der Waals surface area contributed by atoms with E-state index in [0.717, 1.165) is 5.56 Å². The van der Waals surface area contributed by atoms with Crippen molar-refractivity contribution in [2.75, 3.05) is 4.90 Å². The van der Waals surface area contributed by atoms with E-state index in [1.807, 2.05) is 0 Å². The summed E-state index contributed by atoms with van der Waals surface area (Å²) in [5.41, 5.74) is 2.08. The monoisotopic (exact) mass is 593 g/mol. The highest BCUT2D eigenvalue weighted by atomic mass is 16.5. The summed E-state index contributed by atoms with van der Waals surface area (Å²) >= 11 is 0. The lowest BCUT2D eigenvalue weighted by Gasteiger charge is -2.32. The van der Waals surface area contributed by atoms with Gasteiger partial charge < -0.3 is 39.5 Å². The van der Waals surface area contributed by atoms with Crippen LogP contribution in [0.2, 0.25) is 0 Å². The Bertz CT molecular complexity index is 1540. The number of carbonyl (C=O) groups excluding carboxylic acids is 2. The number of hydrogen-bond acceptors (Lipinski definition) is 10. The van der Waals surface area contributed by atoms with E-state index < -0.39 is 26.2 Å². The minimum absolute atomic E-state index is 0.0147. The molecule has 2 radical (unpaired) electrons. The Morgan fingerprint density at radius 3 is 1.86 bits per heavy atom. The third kappa shape index (κ3) is 8.17. The van der Waals surface area contributed by atoms with Crippen molar-refractivity contribution in [1.82, 2.24) is 0 Å². The van der Waals surface area contributed by atoms with Crippen LogP contribution in [0.25, 0.3) is 0 Å². The van der Waals surface area contributed by atoms with Gasteiger partial charge in [-0.1, -0.05) is 48.5 Å². The lowest BCUT2D eigenvalue weighted by Crippen LogP contribution is -2.40. The van der Waals surface area contributed by atoms with Crippen molar-refractivity contribution in [1.29, 1.82) is 0 Å². The van der Waals surface area contributed by atoms with Crippen molar-refractivity contribution in [3.63, 3.8) is 0 Å². The molecular formula is C29H27B4NO10. The van der Waals surface area contributed by atoms with Crippen LogP contribution >= 0.6 is 0 Å². The van der Waals surface area contributed by atoms with E-state index in [2.05, 4.69) is 0 Å². The van der Waals surface area contributed by atoms with E-state index in [9.17, 15) is 34.7 Å². The van der Waals surface area contributed by atoms with Gasteiger partial charge in [0.25, 0.3) is 5.91 Å². The zero-order valence-electron chi connectivity index (χ0n) is 23.3. The number of carbonyl (C=O) groups is 2. The predicted octanol–water partition coefficient (Wildman–Crippen LogP) is -0.553. The Kier molecular flexibility index (Phi) is 11.4. The van der Waals surface area contributed by atoms with E-state index in [4.69, 9.17) is 14.3 Å². The molecule has 0 saturated carbocycles. The average Bonchev–Trinajstić information content (AvgIpc) is 3.03. The van der Waals surface area contributed by atoms with Gasteiger partial charge in [-0.25, -0.2) is 0 Å². The molecule has 4 aromatic rings. The van der Waals surface area contributed by atoms with E-state index in [1.54, 1.807) is 42.5 Å². The summed E-state index contributed by atoms with van der Waals surface area (Å²) in [6.45, 7) is 0. The standard InChI is InChI=1S/C29H27B4NO10/c35-27(17-6-19-4-9-22(10-5-19)32(39)40)28(21-2-1-3-26(18-21)44-31-38)34(24-13-11-23(12-14-24)33(41)42)29(36)20-7-15-25(16-8-20)43-30-37/h1-5,7-16,18,28,37-42H,6,17H2. The maximum atomic E-state index is 14.2. The Balaban J connectivity index is 1.78. The van der Waals surface area contributed by atoms with Gasteiger partial charge in [-0.05, 0) is 77.0 Å². The number of amides is 1. The topological polar surface area (TPSA) is 177 Å². The molecule has 0 bridgehead atoms. The molecule has 0 spiro atoms. The van der Waals surface area contributed by atoms with Crippen LogP contribution in [0.1, 0.15) is 33.9 Å². The van der Waals surface area contributed by atoms with E-state index in [1.165, 1.54) is 59.5 Å². The molecule has 1 atom stereocenters. The van der Waals surface area contributed by atoms with Crippen molar-refractivity contribution in [2.45, 2.75) is 18.9 Å². The maximum absolute atomic E-state index is 14.2. The van der Waals surface area contributed by atoms with Crippen LogP contribution in [0, 0.1) is 0 Å². The Hall–Kier alpha value is -4.36. The molecule has 0 fully saturated rings. The molecule has 0 aromatic heterocycles. The van der Waals surface area contributed by atoms with E-state index in [-0.39, 0.29) is 46.8 Å². The zero-order valence-corrected chi connectivity index (χ0v) is 23.3. The summed E-state index contributed by atoms with van der Waals surface area (Å²) in [6.07, 6.45) is 0.262. The molecule has 0 aliphatic carbocycles. The quantitative estimate of drug-likeness (QED) is 0.104. The van der Waals surface area contributed by atoms with Gasteiger partial charge in [-0.15, -0.1) is 0 Å². The van der Waals surface area contributed by atoms with Gasteiger partial charge in [0.05, 0.1) is 0 Å². The molecule has 6 N–H and O–H groups in total. The number of anilines is 1. The fourth-order valence-corrected chi connectivity index (χ4v) is 4.63. The fraction of sp³-hybridized carbons (Fsp3) is 0.103. The number of nitrogens with zero attached hydrogens (tertiary/aromatic N) is 1. The Morgan fingerprint density at radius 2 is 1.30 bits per heavy atom. The SMILES string of the molecule is O=C(CCc1ccc(B(O)O)cc1)C(c1cccc(O[B]O)c1)N(C(=O)c1ccc(O[B]O)cc1)c1ccc(B(O)O)cc1. The smallest absolute Gasteiger partial charge is 0.537 e. The molecule has 0 aliphatic rings. The molecule has 0 aliphatic heterocycles. The minimum atomic E-state index is -1.75. The lowest BCUT2D eigenvalue weighted by molar-refractivity contribution is -0.120. The van der Waals surface area contributed by atoms with E-state index in [0.29, 0.717) is 26.4 Å². The van der Waals surface area contributed by atoms with Crippen molar-refractivity contribution >= 4 is 57.9 Å². The predicted molar refractivity (Wildman–Crippen MR) is 165 cm³/mol. The van der Waals surface area contributed by atoms with Crippen molar-refractivity contribution in [2.24, 2.45) is 0 Å². The van der Waals surface area contributed by atoms with Crippen LogP contribution in [0.5, 0.6) is 11.5 Å². The van der Waals surface area contributed by atoms with Crippen LogP contribution in [0.3, 0.4) is 0 Å². The summed E-state index contributed by atoms with van der Waals surface area (Å²) in [5, 5.41) is 56.1. The van der Waals surface area contributed by atoms with Crippen LogP contribution in [-0.4, -0.2) is 71.4 Å². The van der Waals surface area contributed by atoms with Crippen LogP contribution in [0.4, 0.5) is 5.69 Å². The summed E-state index contributed by atoms with van der Waals surface area (Å²) in [4.78, 5) is 29.6. The second-order valence-electron chi connectivity index (χ2n) is 9.67. The van der Waals surface area contributed by atoms with Crippen LogP contribution in [0.15, 0.2) is 97.1 Å². The minimum Gasteiger partial charge on any atom is -0.537 e. The molecule has 220 valence electrons. The number of rotatable bonds is 14. The molecule has 1 unspecified atom stereocenters. The number of ketones is 1. The summed E-state index contributed by atoms with van der Waals surface area (Å²) < 4.78 is 10.1. The van der Waals surface area contributed by atoms with Gasteiger partial charge >= 0.3 is 29.6 Å². The summed E-state index contributed by atoms with van der Waals surface area (Å²) in [6, 6.07) is 23.3. The van der Waals surface area contributed by atoms with Gasteiger partial charge in [-0.3, -0.25) is 14.5 Å². The summed E-state index contributed by atoms with van der Waals surface area (Å²) in [5.74, 6) is -0.430. The molecule has 4 rings (SSSR count). The highest BCUT2D eigenvalue weighted by molar-refractivity contribution is 6.58. The molecule has 1 amide bonds. The second kappa shape index (κ2) is 15.4. The molecule has 15 heteroatoms. The molecular weight excluding hydrogens is 566 g/mol. The first-order chi connectivity index (χ1) is 21.2. The van der Waals surface area contributed by atoms with Crippen LogP contribution < -0.4 is 25.1 Å². The van der Waals surface area contributed by atoms with Crippen LogP contribution in [-0.2, 0) is 11.2 Å². The van der Waals surface area contributed by atoms with Crippen molar-refractivity contribution < 1.29 is 49.0 Å². The first-order valence-corrected chi connectivity index (χ1v) is 13.4. The number of benzene rings is 4. The highest BCUT2D eigenvalue weighted by Gasteiger charge is 2.33. The second-order valence-corrected chi connectivity index (χ2v) is 9.67. The molecule has 0 heterocycles. The van der Waals surface area contributed by atoms with Gasteiger partial charge in [0.1, 0.15) is 17.5 Å². The van der Waals surface area contributed by atoms with Gasteiger partial charge in [0.15, 0.2) is 5.78 Å². The molecule has 0 saturated heterocycles. The largest absolute Gasteiger partial charge is 0.569 e. The third-order valence-corrected chi connectivity index (χ3v) is 6.84. The number of hydrogen-bond donors (Lipinski definition) is 6. The first kappa shape index (κ1) is 32.6. The van der Waals surface area contributed by atoms with Gasteiger partial charge in [0.2, 0.25) is 0 Å². The highest BCUT2D eigenvalue weighted by Crippen LogP contribution is 2.33. The normalized spacial score (nSPS) is 11.2. The van der Waals surface area contributed by atoms with Crippen molar-refractivity contribution in [3.05, 3.63) is 114 Å². The molecule has 11 nitrogen and oxygen atoms in total. The number of aryl methyl sites for hydroxylation is 1. The van der Waals surface area contributed by atoms with Gasteiger partial charge in [-0.2, -0.15) is 0 Å². The molecule has 44 heavy (non-hydrogen) atoms. The maximum Gasteiger partial charge on any atom is 0.569 e. The third-order valence-electron chi connectivity index (χ3n) is 6.84. The zero-order chi connectivity index (χ0) is 31.6. The average molecular weight is 593 g/mol. The fourth-order valence-electron chi connectivity index (χ4n) is 4.63. The van der Waals surface area contributed by atoms with Gasteiger partial charge in [0, 0.05) is 17.7 Å². The molecule has 4 aromatic carbocycles.